The van der Waals surface area contributed by atoms with Crippen LogP contribution >= 0.6 is 7.82 Å². The van der Waals surface area contributed by atoms with Crippen molar-refractivity contribution in [2.75, 3.05) is 54.1 Å². The van der Waals surface area contributed by atoms with Gasteiger partial charge < -0.3 is 27.9 Å². The molecule has 0 N–H and O–H groups in total. The van der Waals surface area contributed by atoms with E-state index in [-0.39, 0.29) is 25.8 Å². The summed E-state index contributed by atoms with van der Waals surface area (Å²) in [6, 6.07) is 0. The van der Waals surface area contributed by atoms with Crippen molar-refractivity contribution >= 4 is 13.8 Å². The molecule has 8 nitrogen and oxygen atoms in total. The van der Waals surface area contributed by atoms with Gasteiger partial charge in [0.15, 0.2) is 0 Å². The van der Waals surface area contributed by atoms with Gasteiger partial charge in [-0.05, 0) is 51.4 Å². The second kappa shape index (κ2) is 35.7. The predicted octanol–water partition coefficient (Wildman–Crippen LogP) is 11.2. The number of likely N-dealkylation sites (N-methyl/N-ethyl adjacent to an activating group) is 1. The Kier molecular flexibility index (Phi) is 34.8. The highest BCUT2D eigenvalue weighted by Crippen LogP contribution is 2.38. The third kappa shape index (κ3) is 39.8. The maximum Gasteiger partial charge on any atom is 0.306 e. The monoisotopic (exact) mass is 742 g/mol. The Morgan fingerprint density at radius 1 is 0.608 bits per heavy atom. The summed E-state index contributed by atoms with van der Waals surface area (Å²) in [5.41, 5.74) is 0. The van der Waals surface area contributed by atoms with E-state index >= 15 is 0 Å². The van der Waals surface area contributed by atoms with Crippen LogP contribution in [0.2, 0.25) is 0 Å². The molecule has 2 unspecified atom stereocenters. The number of carbonyl (C=O) groups is 1. The zero-order valence-electron chi connectivity index (χ0n) is 33.8. The van der Waals surface area contributed by atoms with Crippen molar-refractivity contribution in [2.45, 2.75) is 174 Å². The third-order valence-corrected chi connectivity index (χ3v) is 9.66. The first-order valence-corrected chi connectivity index (χ1v) is 22.2. The standard InChI is InChI=1S/C42H80NO7P/c1-6-8-10-12-14-16-18-19-20-21-22-23-24-25-26-27-29-31-33-35-42(44)50-41(40-49-51(45,46)48-38-36-43(3,4)5)39-47-37-34-32-30-28-17-15-13-11-9-7-2/h14,16,19-20,22-23,41H,6-13,15,17-18,21,24-40H2,1-5H3/b16-14-,20-19-,23-22-. The fraction of sp³-hybridized carbons (Fsp3) is 0.833. The molecule has 0 saturated carbocycles. The molecule has 0 heterocycles. The fourth-order valence-corrected chi connectivity index (χ4v) is 6.16. The molecule has 0 radical (unpaired) electrons. The average Bonchev–Trinajstić information content (AvgIpc) is 3.08. The number of phosphoric acid groups is 1. The largest absolute Gasteiger partial charge is 0.756 e. The minimum Gasteiger partial charge on any atom is -0.756 e. The first-order chi connectivity index (χ1) is 24.6. The van der Waals surface area contributed by atoms with E-state index in [0.717, 1.165) is 57.8 Å². The highest BCUT2D eigenvalue weighted by Gasteiger charge is 2.20. The number of carbonyl (C=O) groups excluding carboxylic acids is 1. The molecular weight excluding hydrogens is 661 g/mol. The van der Waals surface area contributed by atoms with Crippen LogP contribution in [0.1, 0.15) is 168 Å². The van der Waals surface area contributed by atoms with Gasteiger partial charge in [-0.15, -0.1) is 0 Å². The van der Waals surface area contributed by atoms with Crippen molar-refractivity contribution in [3.63, 3.8) is 0 Å². The molecule has 51 heavy (non-hydrogen) atoms. The number of nitrogens with zero attached hydrogens (tertiary/aromatic N) is 1. The van der Waals surface area contributed by atoms with Crippen LogP contribution in [0, 0.1) is 0 Å². The van der Waals surface area contributed by atoms with E-state index in [2.05, 4.69) is 50.3 Å². The summed E-state index contributed by atoms with van der Waals surface area (Å²) < 4.78 is 34.5. The van der Waals surface area contributed by atoms with E-state index in [1.54, 1.807) is 0 Å². The molecule has 2 atom stereocenters. The molecule has 0 aliphatic rings. The topological polar surface area (TPSA) is 94.1 Å². The lowest BCUT2D eigenvalue weighted by Gasteiger charge is -2.28. The van der Waals surface area contributed by atoms with E-state index in [1.807, 2.05) is 21.1 Å². The van der Waals surface area contributed by atoms with Crippen molar-refractivity contribution in [3.05, 3.63) is 36.5 Å². The van der Waals surface area contributed by atoms with Crippen molar-refractivity contribution in [1.29, 1.82) is 0 Å². The predicted molar refractivity (Wildman–Crippen MR) is 213 cm³/mol. The Labute approximate surface area is 315 Å². The van der Waals surface area contributed by atoms with Crippen molar-refractivity contribution in [3.8, 4) is 0 Å². The number of ether oxygens (including phenoxy) is 2. The van der Waals surface area contributed by atoms with E-state index < -0.39 is 13.9 Å². The Bertz CT molecular complexity index is 915. The molecule has 0 amide bonds. The van der Waals surface area contributed by atoms with Crippen LogP contribution in [0.15, 0.2) is 36.5 Å². The number of phosphoric ester groups is 1. The van der Waals surface area contributed by atoms with Gasteiger partial charge in [-0.3, -0.25) is 9.36 Å². The highest BCUT2D eigenvalue weighted by molar-refractivity contribution is 7.45. The van der Waals surface area contributed by atoms with Gasteiger partial charge in [-0.25, -0.2) is 0 Å². The summed E-state index contributed by atoms with van der Waals surface area (Å²) in [4.78, 5) is 25.0. The second-order valence-electron chi connectivity index (χ2n) is 15.0. The fourth-order valence-electron chi connectivity index (χ4n) is 5.43. The Balaban J connectivity index is 4.25. The minimum absolute atomic E-state index is 0.0237. The quantitative estimate of drug-likeness (QED) is 0.0204. The number of hydrogen-bond donors (Lipinski definition) is 0. The van der Waals surface area contributed by atoms with Crippen molar-refractivity contribution < 1.29 is 37.3 Å². The molecule has 0 saturated heterocycles. The number of unbranched alkanes of at least 4 members (excludes halogenated alkanes) is 18. The van der Waals surface area contributed by atoms with Gasteiger partial charge in [-0.1, -0.05) is 147 Å². The lowest BCUT2D eigenvalue weighted by Crippen LogP contribution is -2.37. The average molecular weight is 742 g/mol. The number of esters is 1. The maximum atomic E-state index is 12.6. The molecule has 0 bridgehead atoms. The van der Waals surface area contributed by atoms with Gasteiger partial charge in [0.2, 0.25) is 0 Å². The Morgan fingerprint density at radius 2 is 1.08 bits per heavy atom. The molecule has 9 heteroatoms. The molecule has 0 aromatic heterocycles. The first kappa shape index (κ1) is 49.7. The molecule has 0 spiro atoms. The smallest absolute Gasteiger partial charge is 0.306 e. The molecular formula is C42H80NO7P. The molecule has 0 aliphatic carbocycles. The van der Waals surface area contributed by atoms with E-state index in [1.165, 1.54) is 89.9 Å². The summed E-state index contributed by atoms with van der Waals surface area (Å²) in [5, 5.41) is 0. The zero-order chi connectivity index (χ0) is 37.7. The summed E-state index contributed by atoms with van der Waals surface area (Å²) >= 11 is 0. The van der Waals surface area contributed by atoms with Crippen LogP contribution in [0.4, 0.5) is 0 Å². The van der Waals surface area contributed by atoms with Crippen LogP contribution < -0.4 is 4.89 Å². The van der Waals surface area contributed by atoms with Crippen LogP contribution in [-0.2, 0) is 27.9 Å². The Hall–Kier alpha value is -1.28. The zero-order valence-corrected chi connectivity index (χ0v) is 34.7. The van der Waals surface area contributed by atoms with Crippen LogP contribution in [0.3, 0.4) is 0 Å². The molecule has 0 aliphatic heterocycles. The van der Waals surface area contributed by atoms with Gasteiger partial charge >= 0.3 is 5.97 Å². The lowest BCUT2D eigenvalue weighted by molar-refractivity contribution is -0.870. The summed E-state index contributed by atoms with van der Waals surface area (Å²) in [6.45, 7) is 5.36. The summed E-state index contributed by atoms with van der Waals surface area (Å²) in [5.74, 6) is -0.347. The van der Waals surface area contributed by atoms with Crippen LogP contribution in [0.5, 0.6) is 0 Å². The normalized spacial score (nSPS) is 14.2. The molecule has 0 aromatic carbocycles. The molecule has 300 valence electrons. The second-order valence-corrected chi connectivity index (χ2v) is 16.4. The number of rotatable bonds is 38. The summed E-state index contributed by atoms with van der Waals surface area (Å²) in [7, 11) is 1.35. The van der Waals surface area contributed by atoms with Gasteiger partial charge in [0, 0.05) is 13.0 Å². The van der Waals surface area contributed by atoms with E-state index in [0.29, 0.717) is 24.1 Å². The SMILES string of the molecule is CCCCC/C=C\C/C=C\C/C=C\CCCCCCCCC(=O)OC(COCCCCCCCCCCCC)COP(=O)([O-])OCC[N+](C)(C)C. The molecule has 0 aromatic rings. The van der Waals surface area contributed by atoms with Gasteiger partial charge in [0.1, 0.15) is 19.3 Å². The number of hydrogen-bond acceptors (Lipinski definition) is 7. The van der Waals surface area contributed by atoms with Gasteiger partial charge in [-0.2, -0.15) is 0 Å². The minimum atomic E-state index is -4.52. The van der Waals surface area contributed by atoms with Gasteiger partial charge in [0.05, 0.1) is 34.4 Å². The first-order valence-electron chi connectivity index (χ1n) is 20.7. The van der Waals surface area contributed by atoms with Crippen molar-refractivity contribution in [1.82, 2.24) is 0 Å². The number of quaternary nitrogens is 1. The van der Waals surface area contributed by atoms with E-state index in [9.17, 15) is 14.3 Å². The van der Waals surface area contributed by atoms with E-state index in [4.69, 9.17) is 18.5 Å². The number of allylic oxidation sites excluding steroid dienone is 6. The highest BCUT2D eigenvalue weighted by atomic mass is 31.2. The summed E-state index contributed by atoms with van der Waals surface area (Å²) in [6.07, 6.45) is 40.0. The molecule has 0 rings (SSSR count). The Morgan fingerprint density at radius 3 is 1.65 bits per heavy atom. The lowest BCUT2D eigenvalue weighted by atomic mass is 10.1. The van der Waals surface area contributed by atoms with Crippen molar-refractivity contribution in [2.24, 2.45) is 0 Å². The van der Waals surface area contributed by atoms with Crippen LogP contribution in [0.25, 0.3) is 0 Å². The maximum absolute atomic E-state index is 12.6. The molecule has 0 fully saturated rings. The van der Waals surface area contributed by atoms with Gasteiger partial charge in [0.25, 0.3) is 7.82 Å². The van der Waals surface area contributed by atoms with Crippen LogP contribution in [-0.4, -0.2) is 70.7 Å². The third-order valence-electron chi connectivity index (χ3n) is 8.69.